The Morgan fingerprint density at radius 3 is 2.57 bits per heavy atom. The Bertz CT molecular complexity index is 1230. The lowest BCUT2D eigenvalue weighted by Gasteiger charge is -2.16. The summed E-state index contributed by atoms with van der Waals surface area (Å²) in [5.74, 6) is 0.104. The van der Waals surface area contributed by atoms with E-state index < -0.39 is 23.5 Å². The van der Waals surface area contributed by atoms with Crippen LogP contribution in [-0.2, 0) is 11.8 Å². The van der Waals surface area contributed by atoms with Crippen LogP contribution in [0.3, 0.4) is 0 Å². The van der Waals surface area contributed by atoms with E-state index in [-0.39, 0.29) is 17.3 Å². The number of hydrogen-bond acceptors (Lipinski definition) is 9. The summed E-state index contributed by atoms with van der Waals surface area (Å²) in [6.07, 6.45) is 0. The number of non-ortho nitro benzene ring substituents is 1. The van der Waals surface area contributed by atoms with Gasteiger partial charge in [-0.25, -0.2) is 0 Å². The van der Waals surface area contributed by atoms with Crippen molar-refractivity contribution in [3.8, 4) is 5.75 Å². The second-order valence-corrected chi connectivity index (χ2v) is 8.37. The Morgan fingerprint density at radius 2 is 1.94 bits per heavy atom. The smallest absolute Gasteiger partial charge is 0.271 e. The van der Waals surface area contributed by atoms with Gasteiger partial charge in [0.25, 0.3) is 11.6 Å². The molecule has 12 nitrogen and oxygen atoms in total. The first-order valence-electron chi connectivity index (χ1n) is 10.4. The van der Waals surface area contributed by atoms with E-state index in [4.69, 9.17) is 4.74 Å². The Kier molecular flexibility index (Phi) is 8.39. The normalized spacial score (nSPS) is 11.5. The molecule has 0 bridgehead atoms. The molecule has 2 amide bonds. The highest BCUT2D eigenvalue weighted by Crippen LogP contribution is 2.23. The van der Waals surface area contributed by atoms with E-state index in [0.717, 1.165) is 11.8 Å². The number of nitrogens with zero attached hydrogens (tertiary/aromatic N) is 4. The number of hydrogen-bond donors (Lipinski definition) is 3. The predicted octanol–water partition coefficient (Wildman–Crippen LogP) is 2.23. The van der Waals surface area contributed by atoms with Crippen LogP contribution >= 0.6 is 11.8 Å². The Labute approximate surface area is 204 Å². The van der Waals surface area contributed by atoms with Crippen LogP contribution in [0.2, 0.25) is 0 Å². The summed E-state index contributed by atoms with van der Waals surface area (Å²) < 4.78 is 6.66. The minimum atomic E-state index is -0.821. The molecule has 1 heterocycles. The Morgan fingerprint density at radius 1 is 1.23 bits per heavy atom. The van der Waals surface area contributed by atoms with Crippen molar-refractivity contribution in [3.63, 3.8) is 0 Å². The van der Waals surface area contributed by atoms with Gasteiger partial charge in [0.05, 0.1) is 30.1 Å². The van der Waals surface area contributed by atoms with Crippen molar-refractivity contribution in [1.82, 2.24) is 20.1 Å². The molecule has 0 fully saturated rings. The minimum absolute atomic E-state index is 0.0316. The molecule has 0 spiro atoms. The number of aryl methyl sites for hydroxylation is 1. The van der Waals surface area contributed by atoms with Crippen molar-refractivity contribution in [1.29, 1.82) is 0 Å². The van der Waals surface area contributed by atoms with Crippen LogP contribution in [0.15, 0.2) is 47.6 Å². The van der Waals surface area contributed by atoms with Gasteiger partial charge in [0.2, 0.25) is 5.91 Å². The summed E-state index contributed by atoms with van der Waals surface area (Å²) in [6.45, 7) is 1.32. The lowest BCUT2D eigenvalue weighted by Crippen LogP contribution is -2.32. The standard InChI is InChI=1S/C22H24N6O6S/c1-13-4-7-15(28(32)33)10-17(13)23-19(30)12-35-22-26-25-20(27(22)2)18(11-29)24-21(31)14-5-8-16(34-3)9-6-14/h4-10,18,29H,11-12H2,1-3H3,(H,23,30)(H,24,31). The molecule has 1 unspecified atom stereocenters. The zero-order valence-corrected chi connectivity index (χ0v) is 20.0. The maximum absolute atomic E-state index is 12.6. The molecule has 0 radical (unpaired) electrons. The molecule has 0 aliphatic heterocycles. The van der Waals surface area contributed by atoms with Gasteiger partial charge >= 0.3 is 0 Å². The fourth-order valence-corrected chi connectivity index (χ4v) is 3.82. The summed E-state index contributed by atoms with van der Waals surface area (Å²) in [6, 6.07) is 9.91. The number of thioether (sulfide) groups is 1. The van der Waals surface area contributed by atoms with Crippen LogP contribution in [0, 0.1) is 17.0 Å². The highest BCUT2D eigenvalue weighted by atomic mass is 32.2. The molecule has 1 atom stereocenters. The van der Waals surface area contributed by atoms with Crippen LogP contribution in [0.25, 0.3) is 0 Å². The zero-order chi connectivity index (χ0) is 25.5. The number of carbonyl (C=O) groups is 2. The molecule has 13 heteroatoms. The van der Waals surface area contributed by atoms with Gasteiger partial charge < -0.3 is 25.0 Å². The first-order valence-corrected chi connectivity index (χ1v) is 11.3. The first-order chi connectivity index (χ1) is 16.7. The van der Waals surface area contributed by atoms with Crippen molar-refractivity contribution < 1.29 is 24.4 Å². The number of aromatic nitrogens is 3. The van der Waals surface area contributed by atoms with Gasteiger partial charge in [0.1, 0.15) is 11.8 Å². The van der Waals surface area contributed by atoms with E-state index in [9.17, 15) is 24.8 Å². The van der Waals surface area contributed by atoms with Crippen molar-refractivity contribution in [2.24, 2.45) is 7.05 Å². The van der Waals surface area contributed by atoms with Gasteiger partial charge in [-0.15, -0.1) is 10.2 Å². The van der Waals surface area contributed by atoms with Crippen LogP contribution in [0.4, 0.5) is 11.4 Å². The summed E-state index contributed by atoms with van der Waals surface area (Å²) in [5.41, 5.74) is 1.30. The van der Waals surface area contributed by atoms with Gasteiger partial charge in [0, 0.05) is 24.7 Å². The van der Waals surface area contributed by atoms with E-state index in [2.05, 4.69) is 20.8 Å². The number of nitro benzene ring substituents is 1. The number of anilines is 1. The van der Waals surface area contributed by atoms with E-state index >= 15 is 0 Å². The number of nitrogens with one attached hydrogen (secondary N) is 2. The maximum Gasteiger partial charge on any atom is 0.271 e. The number of methoxy groups -OCH3 is 1. The minimum Gasteiger partial charge on any atom is -0.497 e. The summed E-state index contributed by atoms with van der Waals surface area (Å²) in [7, 11) is 3.18. The van der Waals surface area contributed by atoms with Crippen molar-refractivity contribution in [2.75, 3.05) is 24.8 Å². The summed E-state index contributed by atoms with van der Waals surface area (Å²) in [5, 5.41) is 34.7. The largest absolute Gasteiger partial charge is 0.497 e. The molecule has 0 aliphatic rings. The highest BCUT2D eigenvalue weighted by molar-refractivity contribution is 7.99. The molecule has 3 rings (SSSR count). The maximum atomic E-state index is 12.6. The lowest BCUT2D eigenvalue weighted by molar-refractivity contribution is -0.384. The van der Waals surface area contributed by atoms with Crippen molar-refractivity contribution in [3.05, 3.63) is 69.5 Å². The van der Waals surface area contributed by atoms with E-state index in [1.165, 1.54) is 19.2 Å². The third-order valence-electron chi connectivity index (χ3n) is 5.06. The molecular formula is C22H24N6O6S. The molecule has 0 aliphatic carbocycles. The molecule has 184 valence electrons. The molecule has 0 saturated heterocycles. The topological polar surface area (TPSA) is 162 Å². The average molecular weight is 501 g/mol. The second kappa shape index (κ2) is 11.4. The van der Waals surface area contributed by atoms with Crippen molar-refractivity contribution in [2.45, 2.75) is 18.1 Å². The van der Waals surface area contributed by atoms with Crippen molar-refractivity contribution >= 4 is 35.0 Å². The number of rotatable bonds is 10. The van der Waals surface area contributed by atoms with Gasteiger partial charge in [-0.2, -0.15) is 0 Å². The fourth-order valence-electron chi connectivity index (χ4n) is 3.11. The van der Waals surface area contributed by atoms with Crippen LogP contribution in [0.1, 0.15) is 27.8 Å². The van der Waals surface area contributed by atoms with E-state index in [1.807, 2.05) is 0 Å². The number of amides is 2. The zero-order valence-electron chi connectivity index (χ0n) is 19.2. The van der Waals surface area contributed by atoms with Crippen LogP contribution in [0.5, 0.6) is 5.75 Å². The van der Waals surface area contributed by atoms with Gasteiger partial charge in [-0.05, 0) is 36.8 Å². The molecule has 3 aromatic rings. The SMILES string of the molecule is COc1ccc(C(=O)NC(CO)c2nnc(SCC(=O)Nc3cc([N+](=O)[O-])ccc3C)n2C)cc1. The third kappa shape index (κ3) is 6.33. The van der Waals surface area contributed by atoms with Gasteiger partial charge in [0.15, 0.2) is 11.0 Å². The number of ether oxygens (including phenoxy) is 1. The average Bonchev–Trinajstić information content (AvgIpc) is 3.22. The quantitative estimate of drug-likeness (QED) is 0.215. The summed E-state index contributed by atoms with van der Waals surface area (Å²) in [4.78, 5) is 35.4. The predicted molar refractivity (Wildman–Crippen MR) is 128 cm³/mol. The van der Waals surface area contributed by atoms with E-state index in [1.54, 1.807) is 48.9 Å². The number of benzene rings is 2. The fraction of sp³-hybridized carbons (Fsp3) is 0.273. The monoisotopic (exact) mass is 500 g/mol. The van der Waals surface area contributed by atoms with E-state index in [0.29, 0.717) is 33.5 Å². The molecular weight excluding hydrogens is 476 g/mol. The summed E-state index contributed by atoms with van der Waals surface area (Å²) >= 11 is 1.09. The Balaban J connectivity index is 1.63. The molecule has 2 aromatic carbocycles. The Hall–Kier alpha value is -3.97. The third-order valence-corrected chi connectivity index (χ3v) is 6.08. The number of nitro groups is 1. The van der Waals surface area contributed by atoms with Gasteiger partial charge in [-0.3, -0.25) is 19.7 Å². The first kappa shape index (κ1) is 25.6. The number of aliphatic hydroxyl groups is 1. The number of aliphatic hydroxyl groups excluding tert-OH is 1. The number of carbonyl (C=O) groups excluding carboxylic acids is 2. The lowest BCUT2D eigenvalue weighted by atomic mass is 10.2. The van der Waals surface area contributed by atoms with Crippen LogP contribution in [-0.4, -0.2) is 56.1 Å². The molecule has 0 saturated carbocycles. The van der Waals surface area contributed by atoms with Crippen LogP contribution < -0.4 is 15.4 Å². The molecule has 3 N–H and O–H groups in total. The second-order valence-electron chi connectivity index (χ2n) is 7.43. The highest BCUT2D eigenvalue weighted by Gasteiger charge is 2.22. The van der Waals surface area contributed by atoms with Gasteiger partial charge in [-0.1, -0.05) is 17.8 Å². The molecule has 35 heavy (non-hydrogen) atoms. The molecule has 1 aromatic heterocycles.